The SMILES string of the molecule is O=C(O)Cc1cnc(-c2ccc3c(c2)OCO3)s1. The fourth-order valence-corrected chi connectivity index (χ4v) is 2.60. The van der Waals surface area contributed by atoms with E-state index in [-0.39, 0.29) is 13.2 Å². The van der Waals surface area contributed by atoms with Crippen LogP contribution in [-0.2, 0) is 11.2 Å². The number of aliphatic carboxylic acids is 1. The molecule has 2 heterocycles. The van der Waals surface area contributed by atoms with Crippen molar-refractivity contribution in [3.8, 4) is 22.1 Å². The first kappa shape index (κ1) is 11.0. The van der Waals surface area contributed by atoms with Crippen LogP contribution in [0.1, 0.15) is 4.88 Å². The Morgan fingerprint density at radius 2 is 2.22 bits per heavy atom. The molecule has 0 bridgehead atoms. The molecule has 2 aromatic rings. The quantitative estimate of drug-likeness (QED) is 0.919. The summed E-state index contributed by atoms with van der Waals surface area (Å²) < 4.78 is 10.5. The molecule has 1 aromatic heterocycles. The van der Waals surface area contributed by atoms with Crippen LogP contribution in [0.4, 0.5) is 0 Å². The van der Waals surface area contributed by atoms with Gasteiger partial charge in [-0.1, -0.05) is 0 Å². The summed E-state index contributed by atoms with van der Waals surface area (Å²) in [5, 5.41) is 9.50. The van der Waals surface area contributed by atoms with Gasteiger partial charge in [-0.3, -0.25) is 4.79 Å². The number of rotatable bonds is 3. The molecule has 0 saturated carbocycles. The molecule has 6 heteroatoms. The lowest BCUT2D eigenvalue weighted by Gasteiger charge is -1.98. The standard InChI is InChI=1S/C12H9NO4S/c14-11(15)4-8-5-13-12(18-8)7-1-2-9-10(3-7)17-6-16-9/h1-3,5H,4,6H2,(H,14,15). The van der Waals surface area contributed by atoms with E-state index in [4.69, 9.17) is 14.6 Å². The minimum atomic E-state index is -0.851. The van der Waals surface area contributed by atoms with E-state index in [1.807, 2.05) is 18.2 Å². The molecular weight excluding hydrogens is 254 g/mol. The van der Waals surface area contributed by atoms with Gasteiger partial charge in [0.15, 0.2) is 11.5 Å². The summed E-state index contributed by atoms with van der Waals surface area (Å²) in [6, 6.07) is 5.57. The lowest BCUT2D eigenvalue weighted by Crippen LogP contribution is -1.97. The van der Waals surface area contributed by atoms with Crippen molar-refractivity contribution in [2.45, 2.75) is 6.42 Å². The number of aromatic nitrogens is 1. The maximum Gasteiger partial charge on any atom is 0.308 e. The Bertz CT molecular complexity index is 608. The van der Waals surface area contributed by atoms with Crippen molar-refractivity contribution < 1.29 is 19.4 Å². The maximum atomic E-state index is 10.6. The molecule has 92 valence electrons. The fourth-order valence-electron chi connectivity index (χ4n) is 1.70. The van der Waals surface area contributed by atoms with Crippen LogP contribution in [0.3, 0.4) is 0 Å². The van der Waals surface area contributed by atoms with Crippen molar-refractivity contribution in [3.63, 3.8) is 0 Å². The highest BCUT2D eigenvalue weighted by Gasteiger charge is 2.15. The Kier molecular flexibility index (Phi) is 2.64. The zero-order chi connectivity index (χ0) is 12.5. The van der Waals surface area contributed by atoms with Crippen LogP contribution in [0.25, 0.3) is 10.6 Å². The van der Waals surface area contributed by atoms with Crippen molar-refractivity contribution in [3.05, 3.63) is 29.3 Å². The molecule has 5 nitrogen and oxygen atoms in total. The van der Waals surface area contributed by atoms with E-state index in [9.17, 15) is 4.79 Å². The summed E-state index contributed by atoms with van der Waals surface area (Å²) >= 11 is 1.37. The lowest BCUT2D eigenvalue weighted by atomic mass is 10.2. The lowest BCUT2D eigenvalue weighted by molar-refractivity contribution is -0.136. The van der Waals surface area contributed by atoms with E-state index in [1.54, 1.807) is 6.20 Å². The summed E-state index contributed by atoms with van der Waals surface area (Å²) in [5.74, 6) is 0.569. The third kappa shape index (κ3) is 2.02. The molecule has 3 rings (SSSR count). The second-order valence-corrected chi connectivity index (χ2v) is 4.89. The number of fused-ring (bicyclic) bond motifs is 1. The van der Waals surface area contributed by atoms with Crippen molar-refractivity contribution in [2.75, 3.05) is 6.79 Å². The normalized spacial score (nSPS) is 12.7. The molecule has 0 fully saturated rings. The number of hydrogen-bond donors (Lipinski definition) is 1. The molecule has 1 aliphatic heterocycles. The van der Waals surface area contributed by atoms with Gasteiger partial charge >= 0.3 is 5.97 Å². The highest BCUT2D eigenvalue weighted by atomic mass is 32.1. The summed E-state index contributed by atoms with van der Waals surface area (Å²) in [6.07, 6.45) is 1.60. The molecule has 0 amide bonds. The van der Waals surface area contributed by atoms with Gasteiger partial charge in [-0.2, -0.15) is 0 Å². The number of ether oxygens (including phenoxy) is 2. The van der Waals surface area contributed by atoms with E-state index in [0.717, 1.165) is 21.2 Å². The number of nitrogens with zero attached hydrogens (tertiary/aromatic N) is 1. The fraction of sp³-hybridized carbons (Fsp3) is 0.167. The number of carbonyl (C=O) groups is 1. The minimum Gasteiger partial charge on any atom is -0.481 e. The smallest absolute Gasteiger partial charge is 0.308 e. The molecule has 0 saturated heterocycles. The summed E-state index contributed by atoms with van der Waals surface area (Å²) in [4.78, 5) is 15.6. The summed E-state index contributed by atoms with van der Waals surface area (Å²) in [7, 11) is 0. The van der Waals surface area contributed by atoms with Gasteiger partial charge in [-0.15, -0.1) is 11.3 Å². The van der Waals surface area contributed by atoms with Crippen molar-refractivity contribution in [2.24, 2.45) is 0 Å². The number of benzene rings is 1. The first-order valence-electron chi connectivity index (χ1n) is 5.29. The molecule has 0 unspecified atom stereocenters. The Morgan fingerprint density at radius 3 is 3.06 bits per heavy atom. The molecule has 0 atom stereocenters. The van der Waals surface area contributed by atoms with E-state index in [2.05, 4.69) is 4.98 Å². The molecule has 18 heavy (non-hydrogen) atoms. The van der Waals surface area contributed by atoms with Gasteiger partial charge in [0.2, 0.25) is 6.79 Å². The van der Waals surface area contributed by atoms with Gasteiger partial charge < -0.3 is 14.6 Å². The summed E-state index contributed by atoms with van der Waals surface area (Å²) in [6.45, 7) is 0.237. The number of thiazole rings is 1. The predicted octanol–water partition coefficient (Wildman–Crippen LogP) is 2.17. The Hall–Kier alpha value is -2.08. The average Bonchev–Trinajstić information content (AvgIpc) is 2.95. The molecular formula is C12H9NO4S. The van der Waals surface area contributed by atoms with Crippen LogP contribution in [0, 0.1) is 0 Å². The Morgan fingerprint density at radius 1 is 1.39 bits per heavy atom. The Labute approximate surface area is 107 Å². The number of carboxylic acids is 1. The zero-order valence-electron chi connectivity index (χ0n) is 9.25. The second-order valence-electron chi connectivity index (χ2n) is 3.77. The van der Waals surface area contributed by atoms with Gasteiger partial charge in [0.25, 0.3) is 0 Å². The average molecular weight is 263 g/mol. The molecule has 1 N–H and O–H groups in total. The monoisotopic (exact) mass is 263 g/mol. The highest BCUT2D eigenvalue weighted by molar-refractivity contribution is 7.15. The van der Waals surface area contributed by atoms with E-state index in [0.29, 0.717) is 5.75 Å². The third-order valence-corrected chi connectivity index (χ3v) is 3.54. The highest BCUT2D eigenvalue weighted by Crippen LogP contribution is 2.36. The van der Waals surface area contributed by atoms with Crippen LogP contribution < -0.4 is 9.47 Å². The minimum absolute atomic E-state index is 0.00220. The zero-order valence-corrected chi connectivity index (χ0v) is 10.1. The Balaban J connectivity index is 1.90. The van der Waals surface area contributed by atoms with E-state index in [1.165, 1.54) is 11.3 Å². The van der Waals surface area contributed by atoms with E-state index < -0.39 is 5.97 Å². The third-order valence-electron chi connectivity index (χ3n) is 2.50. The number of carboxylic acid groups (broad SMARTS) is 1. The largest absolute Gasteiger partial charge is 0.481 e. The first-order chi connectivity index (χ1) is 8.72. The number of hydrogen-bond acceptors (Lipinski definition) is 5. The van der Waals surface area contributed by atoms with Crippen LogP contribution in [0.2, 0.25) is 0 Å². The van der Waals surface area contributed by atoms with Gasteiger partial charge in [-0.25, -0.2) is 4.98 Å². The second kappa shape index (κ2) is 4.30. The molecule has 0 spiro atoms. The van der Waals surface area contributed by atoms with Gasteiger partial charge in [0.1, 0.15) is 5.01 Å². The first-order valence-corrected chi connectivity index (χ1v) is 6.10. The van der Waals surface area contributed by atoms with Gasteiger partial charge in [0, 0.05) is 16.6 Å². The van der Waals surface area contributed by atoms with Crippen LogP contribution in [0.5, 0.6) is 11.5 Å². The van der Waals surface area contributed by atoms with Crippen molar-refractivity contribution >= 4 is 17.3 Å². The molecule has 0 aliphatic carbocycles. The van der Waals surface area contributed by atoms with Crippen LogP contribution >= 0.6 is 11.3 Å². The summed E-state index contributed by atoms with van der Waals surface area (Å²) in [5.41, 5.74) is 0.904. The van der Waals surface area contributed by atoms with Crippen molar-refractivity contribution in [1.29, 1.82) is 0 Å². The maximum absolute atomic E-state index is 10.6. The van der Waals surface area contributed by atoms with Gasteiger partial charge in [0.05, 0.1) is 6.42 Å². The topological polar surface area (TPSA) is 68.7 Å². The predicted molar refractivity (Wildman–Crippen MR) is 65.0 cm³/mol. The molecule has 1 aromatic carbocycles. The van der Waals surface area contributed by atoms with E-state index >= 15 is 0 Å². The molecule has 1 aliphatic rings. The van der Waals surface area contributed by atoms with Crippen LogP contribution in [0.15, 0.2) is 24.4 Å². The van der Waals surface area contributed by atoms with Crippen LogP contribution in [-0.4, -0.2) is 22.9 Å². The van der Waals surface area contributed by atoms with Crippen molar-refractivity contribution in [1.82, 2.24) is 4.98 Å². The molecule has 0 radical (unpaired) electrons. The van der Waals surface area contributed by atoms with Gasteiger partial charge in [-0.05, 0) is 18.2 Å².